The van der Waals surface area contributed by atoms with Gasteiger partial charge in [0.1, 0.15) is 0 Å². The van der Waals surface area contributed by atoms with Crippen LogP contribution in [-0.2, 0) is 0 Å². The zero-order valence-electron chi connectivity index (χ0n) is 8.78. The van der Waals surface area contributed by atoms with Gasteiger partial charge >= 0.3 is 0 Å². The number of aliphatic imine (C=N–C) groups is 1. The van der Waals surface area contributed by atoms with E-state index in [-0.39, 0.29) is 5.96 Å². The Hall–Kier alpha value is -2.48. The number of aromatic amines is 1. The van der Waals surface area contributed by atoms with Crippen molar-refractivity contribution in [3.8, 4) is 6.19 Å². The van der Waals surface area contributed by atoms with Gasteiger partial charge in [-0.2, -0.15) is 5.26 Å². The monoisotopic (exact) mass is 213 g/mol. The second-order valence-electron chi connectivity index (χ2n) is 3.42. The Morgan fingerprint density at radius 1 is 1.56 bits per heavy atom. The summed E-state index contributed by atoms with van der Waals surface area (Å²) < 4.78 is 0. The fourth-order valence-corrected chi connectivity index (χ4v) is 1.59. The molecule has 80 valence electrons. The second kappa shape index (κ2) is 3.95. The van der Waals surface area contributed by atoms with Gasteiger partial charge in [0.15, 0.2) is 6.19 Å². The summed E-state index contributed by atoms with van der Waals surface area (Å²) >= 11 is 0. The van der Waals surface area contributed by atoms with Crippen molar-refractivity contribution in [2.24, 2.45) is 10.7 Å². The summed E-state index contributed by atoms with van der Waals surface area (Å²) in [6.07, 6.45) is 1.73. The van der Waals surface area contributed by atoms with E-state index in [2.05, 4.69) is 15.3 Å². The molecule has 0 atom stereocenters. The number of nitrogens with zero attached hydrogens (tertiary/aromatic N) is 2. The molecule has 0 fully saturated rings. The molecule has 0 aliphatic heterocycles. The summed E-state index contributed by atoms with van der Waals surface area (Å²) in [5, 5.41) is 11.7. The minimum absolute atomic E-state index is 0.0915. The number of hydrogen-bond donors (Lipinski definition) is 3. The molecule has 2 aromatic rings. The highest BCUT2D eigenvalue weighted by Gasteiger charge is 2.02. The Morgan fingerprint density at radius 3 is 3.12 bits per heavy atom. The molecule has 0 amide bonds. The number of H-pyrrole nitrogens is 1. The standard InChI is InChI=1S/C11H11N5/c1-7-5-8-9(15-7)3-2-4-10(8)16-11(13)14-6-12/h2-5,15H,1H3,(H3,13,14,16). The van der Waals surface area contributed by atoms with Gasteiger partial charge in [-0.3, -0.25) is 5.32 Å². The lowest BCUT2D eigenvalue weighted by Gasteiger charge is -1.98. The molecule has 0 aliphatic rings. The third-order valence-corrected chi connectivity index (χ3v) is 2.20. The summed E-state index contributed by atoms with van der Waals surface area (Å²) in [6, 6.07) is 7.70. The Balaban J connectivity index is 2.53. The first-order valence-electron chi connectivity index (χ1n) is 4.78. The molecule has 16 heavy (non-hydrogen) atoms. The topological polar surface area (TPSA) is 90.0 Å². The van der Waals surface area contributed by atoms with Crippen LogP contribution >= 0.6 is 0 Å². The molecule has 0 bridgehead atoms. The number of guanidine groups is 1. The zero-order chi connectivity index (χ0) is 11.5. The third-order valence-electron chi connectivity index (χ3n) is 2.20. The lowest BCUT2D eigenvalue weighted by molar-refractivity contribution is 1.22. The molecule has 0 radical (unpaired) electrons. The predicted octanol–water partition coefficient (Wildman–Crippen LogP) is 1.49. The van der Waals surface area contributed by atoms with Gasteiger partial charge in [-0.25, -0.2) is 4.99 Å². The molecule has 5 heteroatoms. The number of hydrogen-bond acceptors (Lipinski definition) is 2. The minimum atomic E-state index is 0.0915. The van der Waals surface area contributed by atoms with Crippen LogP contribution in [0.5, 0.6) is 0 Å². The quantitative estimate of drug-likeness (QED) is 0.290. The summed E-state index contributed by atoms with van der Waals surface area (Å²) in [5.41, 5.74) is 8.32. The number of aryl methyl sites for hydroxylation is 1. The fourth-order valence-electron chi connectivity index (χ4n) is 1.59. The average molecular weight is 213 g/mol. The van der Waals surface area contributed by atoms with E-state index in [1.165, 1.54) is 0 Å². The smallest absolute Gasteiger partial charge is 0.207 e. The van der Waals surface area contributed by atoms with Gasteiger partial charge in [0.2, 0.25) is 5.96 Å². The fraction of sp³-hybridized carbons (Fsp3) is 0.0909. The molecule has 5 nitrogen and oxygen atoms in total. The van der Waals surface area contributed by atoms with E-state index in [4.69, 9.17) is 11.0 Å². The van der Waals surface area contributed by atoms with Crippen molar-refractivity contribution >= 4 is 22.5 Å². The first-order valence-corrected chi connectivity index (χ1v) is 4.78. The maximum Gasteiger partial charge on any atom is 0.207 e. The van der Waals surface area contributed by atoms with Gasteiger partial charge in [-0.15, -0.1) is 0 Å². The van der Waals surface area contributed by atoms with E-state index in [1.54, 1.807) is 6.19 Å². The highest BCUT2D eigenvalue weighted by molar-refractivity contribution is 5.94. The van der Waals surface area contributed by atoms with Crippen molar-refractivity contribution in [1.29, 1.82) is 5.26 Å². The molecule has 0 saturated heterocycles. The Kier molecular flexibility index (Phi) is 2.48. The molecule has 0 unspecified atom stereocenters. The molecule has 0 spiro atoms. The largest absolute Gasteiger partial charge is 0.369 e. The van der Waals surface area contributed by atoms with Crippen LogP contribution in [-0.4, -0.2) is 10.9 Å². The maximum absolute atomic E-state index is 8.40. The highest BCUT2D eigenvalue weighted by Crippen LogP contribution is 2.26. The number of nitrogens with one attached hydrogen (secondary N) is 2. The van der Waals surface area contributed by atoms with Crippen LogP contribution in [0, 0.1) is 18.4 Å². The Bertz CT molecular complexity index is 588. The number of fused-ring (bicyclic) bond motifs is 1. The Labute approximate surface area is 92.6 Å². The number of nitrogens with two attached hydrogens (primary N) is 1. The second-order valence-corrected chi connectivity index (χ2v) is 3.42. The number of rotatable bonds is 1. The molecule has 0 saturated carbocycles. The normalized spacial score (nSPS) is 11.4. The van der Waals surface area contributed by atoms with Gasteiger partial charge < -0.3 is 10.7 Å². The summed E-state index contributed by atoms with van der Waals surface area (Å²) in [4.78, 5) is 7.34. The van der Waals surface area contributed by atoms with Gasteiger partial charge in [-0.1, -0.05) is 6.07 Å². The van der Waals surface area contributed by atoms with Crippen molar-refractivity contribution in [3.05, 3.63) is 30.0 Å². The van der Waals surface area contributed by atoms with E-state index >= 15 is 0 Å². The van der Waals surface area contributed by atoms with Crippen LogP contribution in [0.15, 0.2) is 29.3 Å². The van der Waals surface area contributed by atoms with E-state index in [0.717, 1.165) is 22.3 Å². The summed E-state index contributed by atoms with van der Waals surface area (Å²) in [6.45, 7) is 1.98. The molecular formula is C11H11N5. The van der Waals surface area contributed by atoms with Crippen LogP contribution in [0.1, 0.15) is 5.69 Å². The summed E-state index contributed by atoms with van der Waals surface area (Å²) in [5.74, 6) is 0.0915. The SMILES string of the molecule is Cc1cc2c(N=C(N)NC#N)cccc2[nH]1. The van der Waals surface area contributed by atoms with Crippen LogP contribution in [0.3, 0.4) is 0 Å². The molecule has 2 rings (SSSR count). The first kappa shape index (κ1) is 10.1. The minimum Gasteiger partial charge on any atom is -0.369 e. The Morgan fingerprint density at radius 2 is 2.38 bits per heavy atom. The molecular weight excluding hydrogens is 202 g/mol. The number of benzene rings is 1. The molecule has 4 N–H and O–H groups in total. The van der Waals surface area contributed by atoms with Gasteiger partial charge in [0.05, 0.1) is 5.69 Å². The van der Waals surface area contributed by atoms with Crippen LogP contribution < -0.4 is 11.1 Å². The van der Waals surface area contributed by atoms with Crippen molar-refractivity contribution in [2.75, 3.05) is 0 Å². The number of aromatic nitrogens is 1. The molecule has 1 aromatic heterocycles. The molecule has 1 aromatic carbocycles. The van der Waals surface area contributed by atoms with E-state index in [9.17, 15) is 0 Å². The highest BCUT2D eigenvalue weighted by atomic mass is 15.1. The van der Waals surface area contributed by atoms with Crippen molar-refractivity contribution < 1.29 is 0 Å². The lowest BCUT2D eigenvalue weighted by Crippen LogP contribution is -2.26. The van der Waals surface area contributed by atoms with E-state index in [1.807, 2.05) is 31.2 Å². The van der Waals surface area contributed by atoms with Gasteiger partial charge in [0, 0.05) is 16.6 Å². The average Bonchev–Trinajstić information content (AvgIpc) is 2.60. The molecule has 1 heterocycles. The van der Waals surface area contributed by atoms with Crippen molar-refractivity contribution in [2.45, 2.75) is 6.92 Å². The van der Waals surface area contributed by atoms with E-state index < -0.39 is 0 Å². The zero-order valence-corrected chi connectivity index (χ0v) is 8.78. The summed E-state index contributed by atoms with van der Waals surface area (Å²) in [7, 11) is 0. The van der Waals surface area contributed by atoms with Crippen molar-refractivity contribution in [3.63, 3.8) is 0 Å². The van der Waals surface area contributed by atoms with Gasteiger partial charge in [-0.05, 0) is 25.1 Å². The van der Waals surface area contributed by atoms with Crippen LogP contribution in [0.2, 0.25) is 0 Å². The maximum atomic E-state index is 8.40. The van der Waals surface area contributed by atoms with Gasteiger partial charge in [0.25, 0.3) is 0 Å². The number of nitriles is 1. The van der Waals surface area contributed by atoms with Crippen LogP contribution in [0.25, 0.3) is 10.9 Å². The lowest BCUT2D eigenvalue weighted by atomic mass is 10.2. The van der Waals surface area contributed by atoms with Crippen LogP contribution in [0.4, 0.5) is 5.69 Å². The first-order chi connectivity index (χ1) is 7.70. The molecule has 0 aliphatic carbocycles. The predicted molar refractivity (Wildman–Crippen MR) is 63.1 cm³/mol. The van der Waals surface area contributed by atoms with Crippen molar-refractivity contribution in [1.82, 2.24) is 10.3 Å². The van der Waals surface area contributed by atoms with E-state index in [0.29, 0.717) is 0 Å². The third kappa shape index (κ3) is 1.81.